The van der Waals surface area contributed by atoms with E-state index in [0.717, 1.165) is 29.3 Å². The third-order valence-electron chi connectivity index (χ3n) is 3.02. The first kappa shape index (κ1) is 14.0. The molecule has 0 heterocycles. The molecule has 17 heavy (non-hydrogen) atoms. The van der Waals surface area contributed by atoms with E-state index in [1.54, 1.807) is 7.11 Å². The molecule has 0 aromatic heterocycles. The summed E-state index contributed by atoms with van der Waals surface area (Å²) in [6.07, 6.45) is 3.24. The van der Waals surface area contributed by atoms with Crippen LogP contribution in [0.5, 0.6) is 5.75 Å². The van der Waals surface area contributed by atoms with Crippen LogP contribution >= 0.6 is 11.8 Å². The lowest BCUT2D eigenvalue weighted by Gasteiger charge is -2.30. The van der Waals surface area contributed by atoms with Gasteiger partial charge in [-0.25, -0.2) is 0 Å². The third kappa shape index (κ3) is 3.22. The minimum absolute atomic E-state index is 0.499. The largest absolute Gasteiger partial charge is 0.495 e. The molecule has 1 aromatic carbocycles. The highest BCUT2D eigenvalue weighted by atomic mass is 32.2. The molecule has 3 nitrogen and oxygen atoms in total. The maximum Gasteiger partial charge on any atom is 0.143 e. The lowest BCUT2D eigenvalue weighted by molar-refractivity contribution is 0.417. The monoisotopic (exact) mass is 254 g/mol. The fourth-order valence-corrected chi connectivity index (χ4v) is 2.75. The number of benzene rings is 1. The molecule has 0 aliphatic carbocycles. The third-order valence-corrected chi connectivity index (χ3v) is 3.74. The summed E-state index contributed by atoms with van der Waals surface area (Å²) in [5.74, 6) is 1.84. The van der Waals surface area contributed by atoms with Gasteiger partial charge < -0.3 is 15.4 Å². The second kappa shape index (κ2) is 6.64. The number of ether oxygens (including phenoxy) is 1. The number of hydrogen-bond donors (Lipinski definition) is 1. The molecule has 0 aliphatic rings. The number of methoxy groups -OCH3 is 1. The van der Waals surface area contributed by atoms with Crippen molar-refractivity contribution in [3.8, 4) is 5.75 Å². The van der Waals surface area contributed by atoms with Crippen LogP contribution in [0, 0.1) is 0 Å². The topological polar surface area (TPSA) is 38.5 Å². The maximum absolute atomic E-state index is 6.11. The van der Waals surface area contributed by atoms with E-state index in [1.165, 1.54) is 0 Å². The number of rotatable bonds is 6. The Bertz CT molecular complexity index is 357. The molecule has 96 valence electrons. The van der Waals surface area contributed by atoms with Gasteiger partial charge in [0.15, 0.2) is 0 Å². The van der Waals surface area contributed by atoms with Crippen molar-refractivity contribution in [2.45, 2.75) is 19.4 Å². The van der Waals surface area contributed by atoms with Crippen LogP contribution in [0.1, 0.15) is 13.3 Å². The van der Waals surface area contributed by atoms with Gasteiger partial charge in [0.05, 0.1) is 18.5 Å². The van der Waals surface area contributed by atoms with E-state index in [0.29, 0.717) is 6.04 Å². The van der Waals surface area contributed by atoms with Crippen molar-refractivity contribution >= 4 is 23.1 Å². The van der Waals surface area contributed by atoms with Gasteiger partial charge in [0, 0.05) is 18.8 Å². The average molecular weight is 254 g/mol. The second-order valence-electron chi connectivity index (χ2n) is 4.02. The minimum Gasteiger partial charge on any atom is -0.495 e. The fourth-order valence-electron chi connectivity index (χ4n) is 1.91. The molecule has 2 N–H and O–H groups in total. The Hall–Kier alpha value is -1.03. The summed E-state index contributed by atoms with van der Waals surface area (Å²) < 4.78 is 5.25. The van der Waals surface area contributed by atoms with Gasteiger partial charge in [-0.3, -0.25) is 0 Å². The Morgan fingerprint density at radius 3 is 2.71 bits per heavy atom. The Labute approximate surface area is 108 Å². The number of para-hydroxylation sites is 1. The van der Waals surface area contributed by atoms with Gasteiger partial charge in [0.25, 0.3) is 0 Å². The van der Waals surface area contributed by atoms with Crippen molar-refractivity contribution in [1.29, 1.82) is 0 Å². The molecule has 0 bridgehead atoms. The zero-order valence-corrected chi connectivity index (χ0v) is 11.9. The number of anilines is 2. The van der Waals surface area contributed by atoms with E-state index in [-0.39, 0.29) is 0 Å². The summed E-state index contributed by atoms with van der Waals surface area (Å²) in [6, 6.07) is 6.41. The Balaban J connectivity index is 2.98. The summed E-state index contributed by atoms with van der Waals surface area (Å²) in [7, 11) is 3.74. The lowest BCUT2D eigenvalue weighted by Crippen LogP contribution is -2.33. The number of thioether (sulfide) groups is 1. The maximum atomic E-state index is 6.11. The highest BCUT2D eigenvalue weighted by Gasteiger charge is 2.16. The lowest BCUT2D eigenvalue weighted by atomic mass is 10.1. The Morgan fingerprint density at radius 1 is 1.47 bits per heavy atom. The van der Waals surface area contributed by atoms with Crippen molar-refractivity contribution in [1.82, 2.24) is 0 Å². The molecule has 1 atom stereocenters. The predicted molar refractivity (Wildman–Crippen MR) is 78.3 cm³/mol. The standard InChI is InChI=1S/C13H22N2OS/c1-5-10(9-17-4)15(2)11-7-6-8-12(16-3)13(11)14/h6-8,10H,5,9,14H2,1-4H3. The molecule has 0 fully saturated rings. The van der Waals surface area contributed by atoms with E-state index in [2.05, 4.69) is 25.1 Å². The number of nitrogens with zero attached hydrogens (tertiary/aromatic N) is 1. The van der Waals surface area contributed by atoms with Gasteiger partial charge in [0.1, 0.15) is 5.75 Å². The number of hydrogen-bond acceptors (Lipinski definition) is 4. The number of nitrogen functional groups attached to an aromatic ring is 1. The summed E-state index contributed by atoms with van der Waals surface area (Å²) in [5, 5.41) is 0. The summed E-state index contributed by atoms with van der Waals surface area (Å²) in [6.45, 7) is 2.20. The zero-order chi connectivity index (χ0) is 12.8. The highest BCUT2D eigenvalue weighted by Crippen LogP contribution is 2.32. The molecule has 0 radical (unpaired) electrons. The first-order chi connectivity index (χ1) is 8.15. The molecule has 0 amide bonds. The van der Waals surface area contributed by atoms with Crippen molar-refractivity contribution in [2.75, 3.05) is 36.8 Å². The molecule has 0 saturated heterocycles. The molecular formula is C13H22N2OS. The molecular weight excluding hydrogens is 232 g/mol. The smallest absolute Gasteiger partial charge is 0.143 e. The van der Waals surface area contributed by atoms with Crippen molar-refractivity contribution < 1.29 is 4.74 Å². The van der Waals surface area contributed by atoms with Crippen molar-refractivity contribution in [3.63, 3.8) is 0 Å². The molecule has 1 aromatic rings. The van der Waals surface area contributed by atoms with Gasteiger partial charge in [-0.2, -0.15) is 11.8 Å². The second-order valence-corrected chi connectivity index (χ2v) is 4.93. The summed E-state index contributed by atoms with van der Waals surface area (Å²) in [4.78, 5) is 2.24. The van der Waals surface area contributed by atoms with Crippen LogP contribution in [0.15, 0.2) is 18.2 Å². The van der Waals surface area contributed by atoms with Gasteiger partial charge in [0.2, 0.25) is 0 Å². The van der Waals surface area contributed by atoms with Crippen LogP contribution in [0.25, 0.3) is 0 Å². The van der Waals surface area contributed by atoms with E-state index < -0.39 is 0 Å². The van der Waals surface area contributed by atoms with Gasteiger partial charge in [-0.15, -0.1) is 0 Å². The van der Waals surface area contributed by atoms with Crippen LogP contribution in [-0.4, -0.2) is 32.2 Å². The Morgan fingerprint density at radius 2 is 2.18 bits per heavy atom. The van der Waals surface area contributed by atoms with Crippen LogP contribution in [0.2, 0.25) is 0 Å². The van der Waals surface area contributed by atoms with Crippen LogP contribution < -0.4 is 15.4 Å². The minimum atomic E-state index is 0.499. The van der Waals surface area contributed by atoms with Gasteiger partial charge >= 0.3 is 0 Å². The molecule has 1 unspecified atom stereocenters. The first-order valence-electron chi connectivity index (χ1n) is 5.79. The van der Waals surface area contributed by atoms with Crippen molar-refractivity contribution in [2.24, 2.45) is 0 Å². The SMILES string of the molecule is CCC(CSC)N(C)c1cccc(OC)c1N. The molecule has 4 heteroatoms. The fraction of sp³-hybridized carbons (Fsp3) is 0.538. The zero-order valence-electron chi connectivity index (χ0n) is 11.1. The van der Waals surface area contributed by atoms with E-state index >= 15 is 0 Å². The predicted octanol–water partition coefficient (Wildman–Crippen LogP) is 2.86. The summed E-state index contributed by atoms with van der Waals surface area (Å²) >= 11 is 1.86. The van der Waals surface area contributed by atoms with E-state index in [4.69, 9.17) is 10.5 Å². The van der Waals surface area contributed by atoms with E-state index in [9.17, 15) is 0 Å². The molecule has 0 spiro atoms. The average Bonchev–Trinajstić information content (AvgIpc) is 2.35. The Kier molecular flexibility index (Phi) is 5.48. The van der Waals surface area contributed by atoms with Crippen molar-refractivity contribution in [3.05, 3.63) is 18.2 Å². The molecule has 0 saturated carbocycles. The van der Waals surface area contributed by atoms with E-state index in [1.807, 2.05) is 30.0 Å². The van der Waals surface area contributed by atoms with Crippen LogP contribution in [0.4, 0.5) is 11.4 Å². The normalized spacial score (nSPS) is 12.2. The van der Waals surface area contributed by atoms with Gasteiger partial charge in [-0.05, 0) is 24.8 Å². The number of nitrogens with two attached hydrogens (primary N) is 1. The first-order valence-corrected chi connectivity index (χ1v) is 7.19. The van der Waals surface area contributed by atoms with Crippen LogP contribution in [-0.2, 0) is 0 Å². The quantitative estimate of drug-likeness (QED) is 0.792. The van der Waals surface area contributed by atoms with Gasteiger partial charge in [-0.1, -0.05) is 13.0 Å². The molecule has 1 rings (SSSR count). The molecule has 0 aliphatic heterocycles. The summed E-state index contributed by atoms with van der Waals surface area (Å²) in [5.41, 5.74) is 7.88. The highest BCUT2D eigenvalue weighted by molar-refractivity contribution is 7.98. The van der Waals surface area contributed by atoms with Crippen LogP contribution in [0.3, 0.4) is 0 Å².